The van der Waals surface area contributed by atoms with Crippen molar-refractivity contribution in [2.45, 2.75) is 13.1 Å². The van der Waals surface area contributed by atoms with Crippen molar-refractivity contribution in [3.63, 3.8) is 0 Å². The van der Waals surface area contributed by atoms with Crippen LogP contribution in [-0.4, -0.2) is 14.6 Å². The Hall–Kier alpha value is -3.34. The van der Waals surface area contributed by atoms with Crippen LogP contribution in [0.4, 0.5) is 30.6 Å². The van der Waals surface area contributed by atoms with Gasteiger partial charge in [-0.15, -0.1) is 0 Å². The first-order valence-electron chi connectivity index (χ1n) is 8.57. The highest BCUT2D eigenvalue weighted by molar-refractivity contribution is 9.10. The molecule has 154 valence electrons. The molecule has 0 aliphatic rings. The molecule has 0 atom stereocenters. The minimum Gasteiger partial charge on any atom is -0.406 e. The Balaban J connectivity index is 1.67. The van der Waals surface area contributed by atoms with Gasteiger partial charge in [-0.1, -0.05) is 28.1 Å². The van der Waals surface area contributed by atoms with Crippen LogP contribution < -0.4 is 16.5 Å². The summed E-state index contributed by atoms with van der Waals surface area (Å²) in [6, 6.07) is 10.2. The summed E-state index contributed by atoms with van der Waals surface area (Å²) in [6.45, 7) is 1.72. The summed E-state index contributed by atoms with van der Waals surface area (Å²) in [7, 11) is 0. The minimum absolute atomic E-state index is 0.0511. The van der Waals surface area contributed by atoms with Crippen molar-refractivity contribution in [2.75, 3.05) is 10.7 Å². The number of aromatic nitrogens is 3. The lowest BCUT2D eigenvalue weighted by molar-refractivity contribution is -0.137. The molecule has 0 radical (unpaired) electrons. The largest absolute Gasteiger partial charge is 0.439 e. The second-order valence-electron chi connectivity index (χ2n) is 6.36. The number of benzene rings is 2. The van der Waals surface area contributed by atoms with Crippen molar-refractivity contribution in [1.82, 2.24) is 14.6 Å². The van der Waals surface area contributed by atoms with Crippen LogP contribution in [0.25, 0.3) is 11.1 Å². The second kappa shape index (κ2) is 7.48. The third kappa shape index (κ3) is 4.01. The van der Waals surface area contributed by atoms with Gasteiger partial charge in [0.25, 0.3) is 0 Å². The molecule has 2 N–H and O–H groups in total. The summed E-state index contributed by atoms with van der Waals surface area (Å²) in [4.78, 5) is 20.5. The number of para-hydroxylation sites is 2. The lowest BCUT2D eigenvalue weighted by Crippen LogP contribution is -2.23. The standard InChI is InChI=1S/C19H13BrF3N5O2/c1-10-9-24-17(25-13-7-11(19(21,22)23)6-12(20)8-13)26-16(10)27-28-14-4-2-3-5-15(14)30-18(28)29/h2-9H,1H3,(H2,24,25,26,27). The van der Waals surface area contributed by atoms with E-state index in [1.165, 1.54) is 16.9 Å². The molecule has 7 nitrogen and oxygen atoms in total. The number of oxazole rings is 1. The van der Waals surface area contributed by atoms with Gasteiger partial charge < -0.3 is 9.73 Å². The van der Waals surface area contributed by atoms with Gasteiger partial charge in [0.1, 0.15) is 5.52 Å². The van der Waals surface area contributed by atoms with Crippen molar-refractivity contribution < 1.29 is 17.6 Å². The van der Waals surface area contributed by atoms with Gasteiger partial charge in [0, 0.05) is 21.9 Å². The molecule has 0 unspecified atom stereocenters. The van der Waals surface area contributed by atoms with E-state index in [2.05, 4.69) is 36.6 Å². The van der Waals surface area contributed by atoms with Crippen LogP contribution in [0.2, 0.25) is 0 Å². The molecule has 0 saturated heterocycles. The lowest BCUT2D eigenvalue weighted by Gasteiger charge is -2.13. The summed E-state index contributed by atoms with van der Waals surface area (Å²) in [5.74, 6) is -0.298. The van der Waals surface area contributed by atoms with Crippen molar-refractivity contribution in [1.29, 1.82) is 0 Å². The molecule has 11 heteroatoms. The zero-order valence-corrected chi connectivity index (χ0v) is 16.9. The molecule has 0 spiro atoms. The van der Waals surface area contributed by atoms with Crippen LogP contribution in [0.1, 0.15) is 11.1 Å². The molecule has 0 saturated carbocycles. The van der Waals surface area contributed by atoms with E-state index < -0.39 is 17.5 Å². The molecule has 4 aromatic rings. The smallest absolute Gasteiger partial charge is 0.406 e. The zero-order valence-electron chi connectivity index (χ0n) is 15.3. The summed E-state index contributed by atoms with van der Waals surface area (Å²) in [6.07, 6.45) is -3.02. The quantitative estimate of drug-likeness (QED) is 0.423. The highest BCUT2D eigenvalue weighted by Crippen LogP contribution is 2.34. The summed E-state index contributed by atoms with van der Waals surface area (Å²) in [5, 5.41) is 2.75. The Kier molecular flexibility index (Phi) is 4.98. The maximum atomic E-state index is 13.0. The van der Waals surface area contributed by atoms with Gasteiger partial charge >= 0.3 is 11.9 Å². The van der Waals surface area contributed by atoms with Gasteiger partial charge in [-0.3, -0.25) is 5.43 Å². The van der Waals surface area contributed by atoms with Gasteiger partial charge in [-0.25, -0.2) is 9.78 Å². The van der Waals surface area contributed by atoms with Gasteiger partial charge in [0.15, 0.2) is 11.4 Å². The zero-order chi connectivity index (χ0) is 21.5. The van der Waals surface area contributed by atoms with Crippen molar-refractivity contribution in [3.8, 4) is 0 Å². The number of halogens is 4. The number of nitrogens with one attached hydrogen (secondary N) is 2. The molecule has 0 fully saturated rings. The number of hydrogen-bond donors (Lipinski definition) is 2. The van der Waals surface area contributed by atoms with Crippen molar-refractivity contribution in [2.24, 2.45) is 0 Å². The fourth-order valence-electron chi connectivity index (χ4n) is 2.75. The van der Waals surface area contributed by atoms with E-state index in [0.717, 1.165) is 12.1 Å². The summed E-state index contributed by atoms with van der Waals surface area (Å²) < 4.78 is 45.8. The molecule has 2 heterocycles. The SMILES string of the molecule is Cc1cnc(Nc2cc(Br)cc(C(F)(F)F)c2)nc1Nn1c(=O)oc2ccccc21. The monoisotopic (exact) mass is 479 g/mol. The first-order chi connectivity index (χ1) is 14.2. The van der Waals surface area contributed by atoms with E-state index in [-0.39, 0.29) is 21.9 Å². The first-order valence-corrected chi connectivity index (χ1v) is 9.36. The Bertz CT molecular complexity index is 1300. The van der Waals surface area contributed by atoms with E-state index >= 15 is 0 Å². The Morgan fingerprint density at radius 3 is 2.70 bits per heavy atom. The van der Waals surface area contributed by atoms with Gasteiger partial charge in [0.05, 0.1) is 5.56 Å². The maximum absolute atomic E-state index is 13.0. The molecule has 0 aliphatic carbocycles. The topological polar surface area (TPSA) is 85.0 Å². The number of fused-ring (bicyclic) bond motifs is 1. The van der Waals surface area contributed by atoms with Crippen LogP contribution in [0.5, 0.6) is 0 Å². The number of aryl methyl sites for hydroxylation is 1. The lowest BCUT2D eigenvalue weighted by atomic mass is 10.2. The van der Waals surface area contributed by atoms with Gasteiger partial charge in [-0.2, -0.15) is 22.8 Å². The molecule has 0 amide bonds. The summed E-state index contributed by atoms with van der Waals surface area (Å²) in [5.41, 5.74) is 3.72. The van der Waals surface area contributed by atoms with Crippen LogP contribution >= 0.6 is 15.9 Å². The number of hydrogen-bond acceptors (Lipinski definition) is 6. The Labute approximate surface area is 175 Å². The normalized spacial score (nSPS) is 11.6. The average molecular weight is 480 g/mol. The molecule has 30 heavy (non-hydrogen) atoms. The molecule has 2 aromatic heterocycles. The minimum atomic E-state index is -4.50. The highest BCUT2D eigenvalue weighted by atomic mass is 79.9. The molecule has 4 rings (SSSR count). The van der Waals surface area contributed by atoms with E-state index in [9.17, 15) is 18.0 Å². The predicted octanol–water partition coefficient (Wildman–Crippen LogP) is 5.09. The van der Waals surface area contributed by atoms with Crippen LogP contribution in [0, 0.1) is 6.92 Å². The molecular formula is C19H13BrF3N5O2. The highest BCUT2D eigenvalue weighted by Gasteiger charge is 2.31. The Morgan fingerprint density at radius 1 is 1.17 bits per heavy atom. The third-order valence-corrected chi connectivity index (χ3v) is 4.61. The van der Waals surface area contributed by atoms with Crippen molar-refractivity contribution in [3.05, 3.63) is 74.8 Å². The first kappa shape index (κ1) is 20.0. The van der Waals surface area contributed by atoms with E-state index in [0.29, 0.717) is 16.7 Å². The van der Waals surface area contributed by atoms with Crippen molar-refractivity contribution >= 4 is 44.5 Å². The Morgan fingerprint density at radius 2 is 1.93 bits per heavy atom. The van der Waals surface area contributed by atoms with Gasteiger partial charge in [-0.05, 0) is 37.3 Å². The number of nitrogens with zero attached hydrogens (tertiary/aromatic N) is 3. The van der Waals surface area contributed by atoms with Crippen LogP contribution in [-0.2, 0) is 6.18 Å². The molecule has 2 aromatic carbocycles. The van der Waals surface area contributed by atoms with Crippen LogP contribution in [0.15, 0.2) is 62.3 Å². The molecule has 0 aliphatic heterocycles. The third-order valence-electron chi connectivity index (χ3n) is 4.16. The van der Waals surface area contributed by atoms with Gasteiger partial charge in [0.2, 0.25) is 5.95 Å². The summed E-state index contributed by atoms with van der Waals surface area (Å²) >= 11 is 3.07. The van der Waals surface area contributed by atoms with Crippen LogP contribution in [0.3, 0.4) is 0 Å². The fourth-order valence-corrected chi connectivity index (χ4v) is 3.24. The predicted molar refractivity (Wildman–Crippen MR) is 109 cm³/mol. The van der Waals surface area contributed by atoms with E-state index in [1.54, 1.807) is 31.2 Å². The van der Waals surface area contributed by atoms with E-state index in [1.807, 2.05) is 0 Å². The molecule has 0 bridgehead atoms. The number of anilines is 3. The van der Waals surface area contributed by atoms with E-state index in [4.69, 9.17) is 4.42 Å². The number of rotatable bonds is 4. The average Bonchev–Trinajstić information content (AvgIpc) is 2.99. The maximum Gasteiger partial charge on any atom is 0.439 e. The fraction of sp³-hybridized carbons (Fsp3) is 0.105. The second-order valence-corrected chi connectivity index (χ2v) is 7.28. The number of alkyl halides is 3. The molecular weight excluding hydrogens is 467 g/mol.